The van der Waals surface area contributed by atoms with Gasteiger partial charge in [-0.25, -0.2) is 9.97 Å². The van der Waals surface area contributed by atoms with Gasteiger partial charge in [-0.1, -0.05) is 6.07 Å². The summed E-state index contributed by atoms with van der Waals surface area (Å²) in [5.41, 5.74) is 1.67. The molecule has 7 rings (SSSR count). The summed E-state index contributed by atoms with van der Waals surface area (Å²) in [7, 11) is 1.61. The highest BCUT2D eigenvalue weighted by Crippen LogP contribution is 2.60. The molecule has 9 heteroatoms. The summed E-state index contributed by atoms with van der Waals surface area (Å²) in [6.07, 6.45) is 14.5. The van der Waals surface area contributed by atoms with Gasteiger partial charge in [-0.3, -0.25) is 0 Å². The first-order valence-corrected chi connectivity index (χ1v) is 14.7. The van der Waals surface area contributed by atoms with Gasteiger partial charge in [0.25, 0.3) is 0 Å². The summed E-state index contributed by atoms with van der Waals surface area (Å²) >= 11 is 0. The van der Waals surface area contributed by atoms with Gasteiger partial charge in [0.15, 0.2) is 0 Å². The van der Waals surface area contributed by atoms with E-state index in [1.165, 1.54) is 44.9 Å². The first-order valence-electron chi connectivity index (χ1n) is 14.7. The van der Waals surface area contributed by atoms with E-state index in [0.717, 1.165) is 42.7 Å². The predicted molar refractivity (Wildman–Crippen MR) is 149 cm³/mol. The molecule has 2 aromatic rings. The van der Waals surface area contributed by atoms with Crippen molar-refractivity contribution in [1.82, 2.24) is 20.3 Å². The smallest absolute Gasteiger partial charge is 0.224 e. The maximum absolute atomic E-state index is 9.73. The molecule has 4 N–H and O–H groups in total. The highest BCUT2D eigenvalue weighted by molar-refractivity contribution is 5.53. The van der Waals surface area contributed by atoms with Crippen LogP contribution in [0.15, 0.2) is 24.5 Å². The van der Waals surface area contributed by atoms with E-state index in [2.05, 4.69) is 37.0 Å². The lowest BCUT2D eigenvalue weighted by molar-refractivity contribution is -0.0733. The monoisotopic (exact) mass is 531 g/mol. The Bertz CT molecular complexity index is 1180. The minimum absolute atomic E-state index is 0.275. The highest BCUT2D eigenvalue weighted by atomic mass is 16.5. The predicted octanol–water partition coefficient (Wildman–Crippen LogP) is 4.11. The quantitative estimate of drug-likeness (QED) is 0.358. The lowest BCUT2D eigenvalue weighted by Gasteiger charge is -2.61. The number of hydrogen-bond acceptors (Lipinski definition) is 9. The Balaban J connectivity index is 1.09. The number of hydrogen-bond donors (Lipinski definition) is 4. The Labute approximate surface area is 231 Å². The third kappa shape index (κ3) is 5.55. The molecule has 0 aromatic carbocycles. The van der Waals surface area contributed by atoms with Crippen LogP contribution in [0.4, 0.5) is 11.8 Å². The molecule has 2 heterocycles. The molecule has 0 radical (unpaired) electrons. The molecule has 4 bridgehead atoms. The Kier molecular flexibility index (Phi) is 7.59. The van der Waals surface area contributed by atoms with E-state index in [1.807, 2.05) is 12.1 Å². The number of rotatable bonds is 10. The topological polar surface area (TPSA) is 128 Å². The van der Waals surface area contributed by atoms with Crippen molar-refractivity contribution in [3.8, 4) is 11.9 Å². The largest absolute Gasteiger partial charge is 0.481 e. The van der Waals surface area contributed by atoms with E-state index in [4.69, 9.17) is 4.74 Å². The number of pyridine rings is 1. The summed E-state index contributed by atoms with van der Waals surface area (Å²) in [6, 6.07) is 7.34. The van der Waals surface area contributed by atoms with Crippen molar-refractivity contribution in [1.29, 1.82) is 5.26 Å². The average Bonchev–Trinajstić information content (AvgIpc) is 2.97. The second-order valence-corrected chi connectivity index (χ2v) is 12.5. The molecule has 0 amide bonds. The lowest BCUT2D eigenvalue weighted by Crippen LogP contribution is -2.61. The van der Waals surface area contributed by atoms with E-state index < -0.39 is 0 Å². The summed E-state index contributed by atoms with van der Waals surface area (Å²) in [5, 5.41) is 30.2. The van der Waals surface area contributed by atoms with Gasteiger partial charge in [0, 0.05) is 43.5 Å². The van der Waals surface area contributed by atoms with Gasteiger partial charge >= 0.3 is 0 Å². The molecule has 5 aliphatic carbocycles. The van der Waals surface area contributed by atoms with Crippen molar-refractivity contribution in [2.75, 3.05) is 30.9 Å². The molecule has 5 fully saturated rings. The standard InChI is InChI=1S/C30H41N7O2/c1-39-28-21(3-2-8-32-28)15-33-29-34-16-24(14-31)27(37-29)35-18-30-11-20-9-22(12-30)26(23(10-20)13-30)36-25-6-4-19(17-38)5-7-25/h2-3,8,16,19-20,22-23,25-26,36,38H,4-7,9-13,15,17-18H2,1H3,(H2,33,34,35,37)/t19-,20?,22-,23+,25-,26?,30-. The van der Waals surface area contributed by atoms with Crippen molar-refractivity contribution in [2.24, 2.45) is 29.1 Å². The van der Waals surface area contributed by atoms with E-state index in [9.17, 15) is 10.4 Å². The minimum atomic E-state index is 0.275. The molecule has 0 aliphatic heterocycles. The van der Waals surface area contributed by atoms with Gasteiger partial charge in [-0.2, -0.15) is 10.2 Å². The van der Waals surface area contributed by atoms with E-state index in [0.29, 0.717) is 54.4 Å². The van der Waals surface area contributed by atoms with Gasteiger partial charge in [-0.15, -0.1) is 0 Å². The SMILES string of the molecule is COc1ncccc1CNc1ncc(C#N)c(NC[C@]23CC4C[C@H](C2)C(N[C@H]2CC[C@H](CO)CC2)[C@@H](C4)C3)n1. The van der Waals surface area contributed by atoms with Crippen molar-refractivity contribution in [3.63, 3.8) is 0 Å². The number of aliphatic hydroxyl groups excluding tert-OH is 1. The van der Waals surface area contributed by atoms with Crippen LogP contribution in [0.1, 0.15) is 68.9 Å². The Morgan fingerprint density at radius 1 is 1.10 bits per heavy atom. The van der Waals surface area contributed by atoms with Crippen molar-refractivity contribution in [2.45, 2.75) is 76.4 Å². The van der Waals surface area contributed by atoms with Crippen LogP contribution in [0.5, 0.6) is 5.88 Å². The maximum atomic E-state index is 9.73. The van der Waals surface area contributed by atoms with Crippen molar-refractivity contribution in [3.05, 3.63) is 35.7 Å². The summed E-state index contributed by atoms with van der Waals surface area (Å²) in [6.45, 7) is 1.68. The first kappa shape index (κ1) is 26.3. The van der Waals surface area contributed by atoms with Crippen LogP contribution < -0.4 is 20.7 Å². The fourth-order valence-corrected chi connectivity index (χ4v) is 8.34. The van der Waals surface area contributed by atoms with Crippen LogP contribution in [0.25, 0.3) is 0 Å². The Hall–Kier alpha value is -2.96. The molecule has 5 atom stereocenters. The zero-order chi connectivity index (χ0) is 26.8. The average molecular weight is 532 g/mol. The fraction of sp³-hybridized carbons (Fsp3) is 0.667. The van der Waals surface area contributed by atoms with E-state index in [1.54, 1.807) is 19.5 Å². The van der Waals surface area contributed by atoms with Crippen LogP contribution in [0.3, 0.4) is 0 Å². The highest BCUT2D eigenvalue weighted by Gasteiger charge is 2.55. The summed E-state index contributed by atoms with van der Waals surface area (Å²) in [5.74, 6) is 4.46. The molecular weight excluding hydrogens is 490 g/mol. The second kappa shape index (κ2) is 11.3. The first-order chi connectivity index (χ1) is 19.1. The van der Waals surface area contributed by atoms with Gasteiger partial charge in [0.2, 0.25) is 11.8 Å². The van der Waals surface area contributed by atoms with Crippen LogP contribution >= 0.6 is 0 Å². The maximum Gasteiger partial charge on any atom is 0.224 e. The number of aromatic nitrogens is 3. The number of nitrogens with one attached hydrogen (secondary N) is 3. The number of ether oxygens (including phenoxy) is 1. The van der Waals surface area contributed by atoms with Crippen molar-refractivity contribution >= 4 is 11.8 Å². The Morgan fingerprint density at radius 3 is 2.62 bits per heavy atom. The van der Waals surface area contributed by atoms with Crippen LogP contribution in [-0.2, 0) is 6.54 Å². The molecule has 9 nitrogen and oxygen atoms in total. The van der Waals surface area contributed by atoms with Crippen LogP contribution in [0.2, 0.25) is 0 Å². The van der Waals surface area contributed by atoms with Crippen LogP contribution in [-0.4, -0.2) is 52.4 Å². The molecule has 208 valence electrons. The van der Waals surface area contributed by atoms with Crippen LogP contribution in [0, 0.1) is 40.4 Å². The number of aliphatic hydroxyl groups is 1. The minimum Gasteiger partial charge on any atom is -0.481 e. The number of nitrogens with zero attached hydrogens (tertiary/aromatic N) is 4. The molecule has 0 saturated heterocycles. The van der Waals surface area contributed by atoms with E-state index >= 15 is 0 Å². The third-order valence-electron chi connectivity index (χ3n) is 9.95. The molecule has 2 unspecified atom stereocenters. The lowest BCUT2D eigenvalue weighted by atomic mass is 9.47. The zero-order valence-electron chi connectivity index (χ0n) is 22.9. The summed E-state index contributed by atoms with van der Waals surface area (Å²) in [4.78, 5) is 13.3. The molecule has 0 spiro atoms. The fourth-order valence-electron chi connectivity index (χ4n) is 8.34. The van der Waals surface area contributed by atoms with Gasteiger partial charge in [-0.05, 0) is 92.9 Å². The summed E-state index contributed by atoms with van der Waals surface area (Å²) < 4.78 is 5.35. The molecule has 2 aromatic heterocycles. The number of nitriles is 1. The normalized spacial score (nSPS) is 32.9. The van der Waals surface area contributed by atoms with Gasteiger partial charge < -0.3 is 25.8 Å². The number of methoxy groups -OCH3 is 1. The second-order valence-electron chi connectivity index (χ2n) is 12.5. The van der Waals surface area contributed by atoms with Crippen molar-refractivity contribution < 1.29 is 9.84 Å². The van der Waals surface area contributed by atoms with E-state index in [-0.39, 0.29) is 5.41 Å². The Morgan fingerprint density at radius 2 is 1.90 bits per heavy atom. The molecular formula is C30H41N7O2. The zero-order valence-corrected chi connectivity index (χ0v) is 22.9. The third-order valence-corrected chi connectivity index (χ3v) is 9.95. The van der Waals surface area contributed by atoms with Gasteiger partial charge in [0.05, 0.1) is 13.3 Å². The molecule has 5 saturated carbocycles. The number of anilines is 2. The molecule has 5 aliphatic rings. The van der Waals surface area contributed by atoms with Gasteiger partial charge in [0.1, 0.15) is 17.5 Å². The molecule has 39 heavy (non-hydrogen) atoms.